The lowest BCUT2D eigenvalue weighted by Crippen LogP contribution is -2.22. The van der Waals surface area contributed by atoms with Gasteiger partial charge in [-0.1, -0.05) is 30.0 Å². The second kappa shape index (κ2) is 6.90. The fourth-order valence-corrected chi connectivity index (χ4v) is 5.47. The molecule has 0 saturated carbocycles. The molecule has 1 atom stereocenters. The second-order valence-electron chi connectivity index (χ2n) is 7.02. The van der Waals surface area contributed by atoms with Crippen LogP contribution in [0.15, 0.2) is 34.2 Å². The molecule has 4 rings (SSSR count). The van der Waals surface area contributed by atoms with Gasteiger partial charge in [-0.05, 0) is 39.3 Å². The fourth-order valence-electron chi connectivity index (χ4n) is 3.47. The molecular formula is C21H21N3O2S2. The maximum atomic E-state index is 13.2. The van der Waals surface area contributed by atoms with Gasteiger partial charge in [-0.3, -0.25) is 14.2 Å². The number of hydrogen-bond acceptors (Lipinski definition) is 5. The Hall–Kier alpha value is -2.38. The Kier molecular flexibility index (Phi) is 4.67. The van der Waals surface area contributed by atoms with Gasteiger partial charge in [-0.2, -0.15) is 0 Å². The molecule has 4 aromatic rings. The molecule has 0 bridgehead atoms. The lowest BCUT2D eigenvalue weighted by Gasteiger charge is -2.13. The molecule has 0 aliphatic carbocycles. The summed E-state index contributed by atoms with van der Waals surface area (Å²) in [5, 5.41) is 1.81. The molecule has 1 aromatic carbocycles. The minimum Gasteiger partial charge on any atom is -0.358 e. The summed E-state index contributed by atoms with van der Waals surface area (Å²) in [5.74, 6) is 0.0350. The van der Waals surface area contributed by atoms with E-state index in [1.807, 2.05) is 52.0 Å². The van der Waals surface area contributed by atoms with E-state index in [1.54, 1.807) is 11.6 Å². The molecule has 3 aromatic heterocycles. The van der Waals surface area contributed by atoms with Crippen molar-refractivity contribution in [3.05, 3.63) is 56.3 Å². The van der Waals surface area contributed by atoms with E-state index in [0.717, 1.165) is 31.9 Å². The number of aryl methyl sites for hydroxylation is 3. The third-order valence-electron chi connectivity index (χ3n) is 5.16. The first-order valence-electron chi connectivity index (χ1n) is 9.04. The van der Waals surface area contributed by atoms with Gasteiger partial charge in [0.15, 0.2) is 10.9 Å². The van der Waals surface area contributed by atoms with Crippen LogP contribution in [0, 0.1) is 20.8 Å². The summed E-state index contributed by atoms with van der Waals surface area (Å²) < 4.78 is 1.55. The normalized spacial score (nSPS) is 12.8. The van der Waals surface area contributed by atoms with Crippen molar-refractivity contribution in [3.63, 3.8) is 0 Å². The molecular weight excluding hydrogens is 390 g/mol. The molecule has 1 unspecified atom stereocenters. The van der Waals surface area contributed by atoms with Gasteiger partial charge in [-0.25, -0.2) is 4.98 Å². The van der Waals surface area contributed by atoms with Crippen molar-refractivity contribution in [1.82, 2.24) is 14.5 Å². The zero-order chi connectivity index (χ0) is 20.2. The topological polar surface area (TPSA) is 67.8 Å². The average molecular weight is 412 g/mol. The fraction of sp³-hybridized carbons (Fsp3) is 0.286. The molecule has 0 spiro atoms. The maximum absolute atomic E-state index is 13.2. The summed E-state index contributed by atoms with van der Waals surface area (Å²) in [6.45, 7) is 7.74. The Bertz CT molecular complexity index is 1300. The lowest BCUT2D eigenvalue weighted by molar-refractivity contribution is 0.0995. The zero-order valence-electron chi connectivity index (χ0n) is 16.4. The number of para-hydroxylation sites is 1. The number of H-pyrrole nitrogens is 1. The van der Waals surface area contributed by atoms with E-state index >= 15 is 0 Å². The van der Waals surface area contributed by atoms with Crippen LogP contribution in [0.25, 0.3) is 21.1 Å². The molecule has 144 valence electrons. The number of carbonyl (C=O) groups excluding carboxylic acids is 1. The van der Waals surface area contributed by atoms with Gasteiger partial charge in [0, 0.05) is 34.1 Å². The third kappa shape index (κ3) is 2.89. The SMILES string of the molecule is Cc1[nH]c2ccccc2c1C(=O)C(C)Sc1nc2sc(C)c(C)c2c(=O)n1C. The summed E-state index contributed by atoms with van der Waals surface area (Å²) >= 11 is 2.86. The van der Waals surface area contributed by atoms with Crippen LogP contribution in [0.2, 0.25) is 0 Å². The highest BCUT2D eigenvalue weighted by Gasteiger charge is 2.24. The molecule has 3 heterocycles. The highest BCUT2D eigenvalue weighted by atomic mass is 32.2. The first-order valence-corrected chi connectivity index (χ1v) is 10.7. The minimum absolute atomic E-state index is 0.0350. The number of nitrogens with zero attached hydrogens (tertiary/aromatic N) is 2. The van der Waals surface area contributed by atoms with E-state index in [1.165, 1.54) is 23.1 Å². The second-order valence-corrected chi connectivity index (χ2v) is 9.53. The van der Waals surface area contributed by atoms with Crippen LogP contribution in [0.4, 0.5) is 0 Å². The number of thiophene rings is 1. The number of fused-ring (bicyclic) bond motifs is 2. The summed E-state index contributed by atoms with van der Waals surface area (Å²) in [5.41, 5.74) is 3.46. The molecule has 28 heavy (non-hydrogen) atoms. The average Bonchev–Trinajstić information content (AvgIpc) is 3.14. The monoisotopic (exact) mass is 411 g/mol. The van der Waals surface area contributed by atoms with E-state index in [4.69, 9.17) is 4.98 Å². The van der Waals surface area contributed by atoms with Crippen molar-refractivity contribution in [2.24, 2.45) is 7.05 Å². The zero-order valence-corrected chi connectivity index (χ0v) is 18.0. The Morgan fingerprint density at radius 1 is 1.25 bits per heavy atom. The number of benzene rings is 1. The van der Waals surface area contributed by atoms with E-state index in [-0.39, 0.29) is 16.6 Å². The van der Waals surface area contributed by atoms with Gasteiger partial charge < -0.3 is 4.98 Å². The molecule has 5 nitrogen and oxygen atoms in total. The number of thioether (sulfide) groups is 1. The van der Waals surface area contributed by atoms with Gasteiger partial charge in [0.1, 0.15) is 4.83 Å². The van der Waals surface area contributed by atoms with Crippen molar-refractivity contribution < 1.29 is 4.79 Å². The first kappa shape index (κ1) is 19.0. The quantitative estimate of drug-likeness (QED) is 0.298. The van der Waals surface area contributed by atoms with Gasteiger partial charge in [0.2, 0.25) is 0 Å². The number of aromatic amines is 1. The van der Waals surface area contributed by atoms with Gasteiger partial charge >= 0.3 is 0 Å². The van der Waals surface area contributed by atoms with Crippen molar-refractivity contribution in [2.45, 2.75) is 38.1 Å². The Morgan fingerprint density at radius 3 is 2.71 bits per heavy atom. The van der Waals surface area contributed by atoms with Crippen molar-refractivity contribution in [3.8, 4) is 0 Å². The van der Waals surface area contributed by atoms with Crippen LogP contribution in [0.3, 0.4) is 0 Å². The predicted octanol–water partition coefficient (Wildman–Crippen LogP) is 4.77. The number of ketones is 1. The highest BCUT2D eigenvalue weighted by Crippen LogP contribution is 2.31. The first-order chi connectivity index (χ1) is 13.3. The number of nitrogens with one attached hydrogen (secondary N) is 1. The molecule has 7 heteroatoms. The Labute approximate surface area is 170 Å². The van der Waals surface area contributed by atoms with Crippen LogP contribution < -0.4 is 5.56 Å². The predicted molar refractivity (Wildman–Crippen MR) is 117 cm³/mol. The number of carbonyl (C=O) groups is 1. The molecule has 1 N–H and O–H groups in total. The van der Waals surface area contributed by atoms with E-state index in [9.17, 15) is 9.59 Å². The molecule has 0 radical (unpaired) electrons. The molecule has 0 amide bonds. The lowest BCUT2D eigenvalue weighted by atomic mass is 10.1. The summed E-state index contributed by atoms with van der Waals surface area (Å²) in [4.78, 5) is 35.8. The Balaban J connectivity index is 1.73. The molecule has 0 aliphatic rings. The van der Waals surface area contributed by atoms with E-state index < -0.39 is 0 Å². The Morgan fingerprint density at radius 2 is 1.96 bits per heavy atom. The van der Waals surface area contributed by atoms with Crippen LogP contribution in [-0.2, 0) is 7.05 Å². The number of aromatic nitrogens is 3. The van der Waals surface area contributed by atoms with Gasteiger partial charge in [-0.15, -0.1) is 11.3 Å². The minimum atomic E-state index is -0.365. The van der Waals surface area contributed by atoms with Crippen LogP contribution in [-0.4, -0.2) is 25.6 Å². The van der Waals surface area contributed by atoms with Crippen LogP contribution in [0.5, 0.6) is 0 Å². The van der Waals surface area contributed by atoms with Crippen molar-refractivity contribution in [2.75, 3.05) is 0 Å². The van der Waals surface area contributed by atoms with Crippen molar-refractivity contribution >= 4 is 50.0 Å². The molecule has 0 aliphatic heterocycles. The summed E-state index contributed by atoms with van der Waals surface area (Å²) in [6.07, 6.45) is 0. The third-order valence-corrected chi connectivity index (χ3v) is 7.41. The van der Waals surface area contributed by atoms with E-state index in [0.29, 0.717) is 16.1 Å². The number of Topliss-reactive ketones (excluding diaryl/α,β-unsaturated/α-hetero) is 1. The summed E-state index contributed by atoms with van der Waals surface area (Å²) in [7, 11) is 1.72. The van der Waals surface area contributed by atoms with Gasteiger partial charge in [0.25, 0.3) is 5.56 Å². The standard InChI is InChI=1S/C21H21N3O2S2/c1-10-12(3)27-19-16(10)20(26)24(5)21(23-19)28-13(4)18(25)17-11(2)22-15-9-7-6-8-14(15)17/h6-9,13,22H,1-5H3. The molecule has 0 fully saturated rings. The van der Waals surface area contributed by atoms with Crippen molar-refractivity contribution in [1.29, 1.82) is 0 Å². The number of rotatable bonds is 4. The maximum Gasteiger partial charge on any atom is 0.262 e. The van der Waals surface area contributed by atoms with E-state index in [2.05, 4.69) is 4.98 Å². The summed E-state index contributed by atoms with van der Waals surface area (Å²) in [6, 6.07) is 7.81. The number of hydrogen-bond donors (Lipinski definition) is 1. The smallest absolute Gasteiger partial charge is 0.262 e. The van der Waals surface area contributed by atoms with Gasteiger partial charge in [0.05, 0.1) is 10.6 Å². The largest absolute Gasteiger partial charge is 0.358 e. The highest BCUT2D eigenvalue weighted by molar-refractivity contribution is 8.00. The van der Waals surface area contributed by atoms with Crippen LogP contribution in [0.1, 0.15) is 33.4 Å². The molecule has 0 saturated heterocycles. The van der Waals surface area contributed by atoms with Crippen LogP contribution >= 0.6 is 23.1 Å².